The molecule has 4 N–H and O–H groups in total. The molecule has 24 bridgehead atoms. The van der Waals surface area contributed by atoms with Crippen LogP contribution in [0.4, 0.5) is 0 Å². The molecule has 12 aromatic rings. The Balaban J connectivity index is 1.07. The summed E-state index contributed by atoms with van der Waals surface area (Å²) in [4.78, 5) is 15.7. The molecule has 0 saturated carbocycles. The van der Waals surface area contributed by atoms with Gasteiger partial charge in [-0.1, -0.05) is 72.8 Å². The maximum atomic E-state index is 16.6. The van der Waals surface area contributed by atoms with E-state index in [4.69, 9.17) is 36.2 Å². The van der Waals surface area contributed by atoms with Crippen LogP contribution in [0.3, 0.4) is 0 Å². The van der Waals surface area contributed by atoms with Crippen molar-refractivity contribution in [1.82, 2.24) is 19.9 Å². The summed E-state index contributed by atoms with van der Waals surface area (Å²) in [5, 5.41) is 0.755. The minimum atomic E-state index is -4.64. The monoisotopic (exact) mass is 1260 g/mol. The summed E-state index contributed by atoms with van der Waals surface area (Å²) in [5.41, 5.74) is 5.37. The fourth-order valence-corrected chi connectivity index (χ4v) is 19.4. The van der Waals surface area contributed by atoms with E-state index < -0.39 is 53.0 Å². The van der Waals surface area contributed by atoms with Crippen molar-refractivity contribution in [1.29, 1.82) is 0 Å². The van der Waals surface area contributed by atoms with E-state index in [0.717, 1.165) is 0 Å². The summed E-state index contributed by atoms with van der Waals surface area (Å²) in [5.74, 6) is -1.38. The van der Waals surface area contributed by atoms with Gasteiger partial charge in [0, 0.05) is 69.8 Å². The van der Waals surface area contributed by atoms with Gasteiger partial charge in [-0.25, -0.2) is 18.3 Å². The first-order chi connectivity index (χ1) is 43.6. The van der Waals surface area contributed by atoms with E-state index in [1.54, 1.807) is 170 Å². The molecule has 17 rings (SSSR count). The molecule has 444 valence electrons. The number of H-pyrrole nitrogens is 4. The van der Waals surface area contributed by atoms with E-state index in [1.807, 2.05) is 48.5 Å². The van der Waals surface area contributed by atoms with Gasteiger partial charge >= 0.3 is 30.4 Å². The smallest absolute Gasteiger partial charge is 0.413 e. The molecule has 0 radical (unpaired) electrons. The number of fused-ring (bicyclic) bond motifs is 14. The van der Waals surface area contributed by atoms with Crippen LogP contribution in [-0.2, 0) is 29.1 Å². The van der Waals surface area contributed by atoms with Gasteiger partial charge in [0.25, 0.3) is 0 Å². The molecule has 4 aromatic heterocycles. The van der Waals surface area contributed by atoms with Crippen LogP contribution in [0.1, 0.15) is 93.5 Å². The van der Waals surface area contributed by atoms with E-state index >= 15 is 18.3 Å². The Hall–Kier alpha value is -9.80. The lowest BCUT2D eigenvalue weighted by atomic mass is 9.76. The molecule has 9 heterocycles. The maximum Gasteiger partial charge on any atom is 0.462 e. The molecule has 90 heavy (non-hydrogen) atoms. The summed E-state index contributed by atoms with van der Waals surface area (Å²) in [6, 6.07) is 70.7. The molecule has 4 unspecified atom stereocenters. The number of rotatable bonds is 4. The van der Waals surface area contributed by atoms with E-state index in [9.17, 15) is 0 Å². The summed E-state index contributed by atoms with van der Waals surface area (Å²) in [7, 11) is -18.6. The fraction of sp³-hybridized carbons (Fsp3) is 0.0857. The first-order valence-electron chi connectivity index (χ1n) is 29.2. The zero-order chi connectivity index (χ0) is 60.8. The first kappa shape index (κ1) is 54.4. The molecule has 0 saturated heterocycles. The van der Waals surface area contributed by atoms with Gasteiger partial charge in [0.1, 0.15) is 46.0 Å². The quantitative estimate of drug-likeness (QED) is 0.122. The van der Waals surface area contributed by atoms with Gasteiger partial charge < -0.3 is 56.1 Å². The highest BCUT2D eigenvalue weighted by molar-refractivity contribution is 7.64. The number of nitrogens with one attached hydrogen (secondary N) is 4. The lowest BCUT2D eigenvalue weighted by Crippen LogP contribution is -2.28. The Labute approximate surface area is 516 Å². The first-order valence-corrected chi connectivity index (χ1v) is 35.3. The van der Waals surface area contributed by atoms with E-state index in [2.05, 4.69) is 33.8 Å². The molecular formula is C70H52N4O12P4. The van der Waals surface area contributed by atoms with Crippen molar-refractivity contribution in [3.63, 3.8) is 0 Å². The Kier molecular flexibility index (Phi) is 12.0. The largest absolute Gasteiger partial charge is 0.462 e. The summed E-state index contributed by atoms with van der Waals surface area (Å²) >= 11 is 0. The lowest BCUT2D eigenvalue weighted by molar-refractivity contribution is 0.387. The third kappa shape index (κ3) is 8.79. The Morgan fingerprint density at radius 1 is 0.278 bits per heavy atom. The fourth-order valence-electron chi connectivity index (χ4n) is 13.2. The van der Waals surface area contributed by atoms with E-state index in [1.165, 1.54) is 24.3 Å². The molecule has 0 aliphatic carbocycles. The topological polar surface area (TPSA) is 205 Å². The molecular weight excluding hydrogens is 1210 g/mol. The minimum absolute atomic E-state index is 0.0106. The number of aromatic amines is 4. The number of hydrogen-bond acceptors (Lipinski definition) is 12. The van der Waals surface area contributed by atoms with Crippen LogP contribution in [-0.4, -0.2) is 19.9 Å². The number of aromatic nitrogens is 4. The molecule has 16 nitrogen and oxygen atoms in total. The zero-order valence-corrected chi connectivity index (χ0v) is 51.5. The van der Waals surface area contributed by atoms with Crippen LogP contribution >= 0.6 is 30.4 Å². The summed E-state index contributed by atoms with van der Waals surface area (Å²) < 4.78 is 122. The zero-order valence-electron chi connectivity index (χ0n) is 47.9. The van der Waals surface area contributed by atoms with Gasteiger partial charge in [-0.15, -0.1) is 0 Å². The number of benzene rings is 8. The van der Waals surface area contributed by atoms with Gasteiger partial charge in [0.2, 0.25) is 0 Å². The average molecular weight is 1270 g/mol. The van der Waals surface area contributed by atoms with Gasteiger partial charge in [0.15, 0.2) is 0 Å². The minimum Gasteiger partial charge on any atom is -0.413 e. The van der Waals surface area contributed by atoms with Crippen LogP contribution in [0.25, 0.3) is 0 Å². The van der Waals surface area contributed by atoms with Gasteiger partial charge in [0.05, 0.1) is 43.9 Å². The molecule has 5 aliphatic rings. The van der Waals surface area contributed by atoms with Crippen molar-refractivity contribution < 1.29 is 54.5 Å². The molecule has 8 aromatic carbocycles. The molecule has 20 heteroatoms. The second-order valence-corrected chi connectivity index (χ2v) is 30.9. The van der Waals surface area contributed by atoms with Crippen molar-refractivity contribution in [3.05, 3.63) is 310 Å². The highest BCUT2D eigenvalue weighted by Crippen LogP contribution is 2.59. The van der Waals surface area contributed by atoms with Crippen molar-refractivity contribution in [2.45, 2.75) is 36.5 Å². The Bertz CT molecular complexity index is 4480. The molecule has 0 spiro atoms. The lowest BCUT2D eigenvalue weighted by Gasteiger charge is -2.33. The van der Waals surface area contributed by atoms with Crippen LogP contribution in [0.2, 0.25) is 0 Å². The van der Waals surface area contributed by atoms with E-state index in [0.29, 0.717) is 67.8 Å². The number of hydrogen-bond donors (Lipinski definition) is 4. The molecule has 0 amide bonds. The highest BCUT2D eigenvalue weighted by Gasteiger charge is 2.45. The average Bonchev–Trinajstić information content (AvgIpc) is 1.69. The summed E-state index contributed by atoms with van der Waals surface area (Å²) in [6.45, 7) is 4.11. The standard InChI is InChI=1S/C70H52N4O12P4/c1-69-45-35-51-41-52(36-45)84-88(76,56-17-9-4-10-18-56)80-48-32-44-34-50(40-48)82-90(78,58-21-13-6-14-22-58)86-54-38-46-37-53(42-54)85-89(77,57-19-11-5-12-20-57)81-49-33-43(31-47(39-49)79-87(75,83-51)55-15-7-3-8-16-55)67(59-23-27-63(69)71-59)61-25-29-65(73-61)70(46,2)66-30-26-62(74-66)68(44)60-24-28-64(69)72-60/h3-42,67-68,71-74H,1-2H3/t67?,68?,69-,70+,87?,88?,89?,90?. The van der Waals surface area contributed by atoms with Crippen molar-refractivity contribution in [2.75, 3.05) is 0 Å². The summed E-state index contributed by atoms with van der Waals surface area (Å²) in [6.07, 6.45) is 0. The van der Waals surface area contributed by atoms with Crippen LogP contribution in [0.5, 0.6) is 46.0 Å². The SMILES string of the molecule is C[C@]12c3cc4cc(c3)OP(=O)(c3ccccc3)Oc3cc5cc(c3)C(c3ccc1[nH]3)c1ccc([nH]1)[C@@]1(C)c3cc(cc(c3)OP(=O)(c3ccccc3)O5)OP(=O)(c3ccccc3)Oc3cc(cc(c3)C(c3ccc1[nH]3)c1ccc2[nH]1)OP(=O)(c1ccccc1)O4. The second-order valence-electron chi connectivity index (χ2n) is 23.3. The highest BCUT2D eigenvalue weighted by atomic mass is 31.2. The second kappa shape index (κ2) is 19.9. The predicted octanol–water partition coefficient (Wildman–Crippen LogP) is 15.5. The van der Waals surface area contributed by atoms with Gasteiger partial charge in [-0.2, -0.15) is 0 Å². The molecule has 0 fully saturated rings. The third-order valence-corrected chi connectivity index (χ3v) is 25.0. The third-order valence-electron chi connectivity index (χ3n) is 17.7. The Morgan fingerprint density at radius 2 is 0.489 bits per heavy atom. The van der Waals surface area contributed by atoms with Crippen LogP contribution in [0, 0.1) is 0 Å². The molecule has 4 atom stereocenters. The maximum absolute atomic E-state index is 16.6. The molecule has 5 aliphatic heterocycles. The predicted molar refractivity (Wildman–Crippen MR) is 342 cm³/mol. The van der Waals surface area contributed by atoms with Gasteiger partial charge in [-0.05, 0) is 182 Å². The normalized spacial score (nSPS) is 25.5. The van der Waals surface area contributed by atoms with Crippen molar-refractivity contribution >= 4 is 51.6 Å². The van der Waals surface area contributed by atoms with E-state index in [-0.39, 0.29) is 67.2 Å². The van der Waals surface area contributed by atoms with Gasteiger partial charge in [-0.3, -0.25) is 0 Å². The van der Waals surface area contributed by atoms with Crippen molar-refractivity contribution in [2.24, 2.45) is 0 Å². The Morgan fingerprint density at radius 3 is 0.711 bits per heavy atom. The van der Waals surface area contributed by atoms with Crippen LogP contribution in [0.15, 0.2) is 243 Å². The van der Waals surface area contributed by atoms with Crippen LogP contribution < -0.4 is 57.4 Å². The van der Waals surface area contributed by atoms with Crippen molar-refractivity contribution in [3.8, 4) is 46.0 Å².